The van der Waals surface area contributed by atoms with E-state index in [2.05, 4.69) is 62.5 Å². The predicted octanol–water partition coefficient (Wildman–Crippen LogP) is 19.2. The van der Waals surface area contributed by atoms with E-state index in [-0.39, 0.29) is 24.9 Å². The minimum Gasteiger partial charge on any atom is -0.462 e. The van der Waals surface area contributed by atoms with Crippen molar-refractivity contribution in [1.29, 1.82) is 0 Å². The lowest BCUT2D eigenvalue weighted by Crippen LogP contribution is -2.46. The molecule has 0 bridgehead atoms. The molecule has 69 heavy (non-hydrogen) atoms. The number of ether oxygens (including phenoxy) is 1. The van der Waals surface area contributed by atoms with Crippen LogP contribution in [0.15, 0.2) is 36.5 Å². The zero-order valence-corrected chi connectivity index (χ0v) is 46.5. The number of hydrogen-bond acceptors (Lipinski definition) is 5. The molecule has 0 saturated carbocycles. The van der Waals surface area contributed by atoms with Crippen molar-refractivity contribution in [3.05, 3.63) is 36.5 Å². The van der Waals surface area contributed by atoms with E-state index in [0.717, 1.165) is 64.2 Å². The molecule has 0 rings (SSSR count). The maximum absolute atomic E-state index is 13.3. The van der Waals surface area contributed by atoms with E-state index in [1.807, 2.05) is 0 Å². The van der Waals surface area contributed by atoms with Gasteiger partial charge in [0.05, 0.1) is 25.2 Å². The largest absolute Gasteiger partial charge is 0.462 e. The van der Waals surface area contributed by atoms with Crippen LogP contribution in [0, 0.1) is 0 Å². The fraction of sp³-hybridized carbons (Fsp3) is 0.873. The van der Waals surface area contributed by atoms with Gasteiger partial charge in [0.15, 0.2) is 0 Å². The molecule has 0 aliphatic heterocycles. The van der Waals surface area contributed by atoms with Crippen molar-refractivity contribution in [2.45, 2.75) is 347 Å². The lowest BCUT2D eigenvalue weighted by Gasteiger charge is -2.24. The number of nitrogens with one attached hydrogen (secondary N) is 1. The Kier molecular flexibility index (Phi) is 55.4. The van der Waals surface area contributed by atoms with Crippen molar-refractivity contribution in [1.82, 2.24) is 5.32 Å². The standard InChI is InChI=1S/C63H119NO5/c1-4-7-10-13-16-19-22-25-28-30-31-32-35-38-41-44-47-50-53-56-63(68)69-59(54-51-48-45-42-39-36-34-29-26-23-20-17-14-11-8-5-2)57-62(67)64-60(58-65)61(66)55-52-49-46-43-40-37-33-27-24-21-18-15-12-9-6-3/h16,19,25,28,36,39,59-61,65-66H,4-15,17-18,20-24,26-27,29-35,37-38,40-58H2,1-3H3,(H,64,67)/b19-16-,28-25-,39-36+. The summed E-state index contributed by atoms with van der Waals surface area (Å²) < 4.78 is 5.97. The van der Waals surface area contributed by atoms with Crippen LogP contribution in [0.1, 0.15) is 329 Å². The van der Waals surface area contributed by atoms with Gasteiger partial charge in [-0.2, -0.15) is 0 Å². The first-order valence-corrected chi connectivity index (χ1v) is 30.7. The molecule has 0 fully saturated rings. The summed E-state index contributed by atoms with van der Waals surface area (Å²) in [6, 6.07) is -0.706. The normalized spacial score (nSPS) is 13.3. The molecule has 0 aromatic carbocycles. The molecule has 0 aliphatic rings. The number of carbonyl (C=O) groups excluding carboxylic acids is 2. The van der Waals surface area contributed by atoms with Crippen LogP contribution < -0.4 is 5.32 Å². The summed E-state index contributed by atoms with van der Waals surface area (Å²) in [5, 5.41) is 23.9. The van der Waals surface area contributed by atoms with Crippen LogP contribution in [0.4, 0.5) is 0 Å². The number of rotatable bonds is 56. The van der Waals surface area contributed by atoms with Gasteiger partial charge in [-0.25, -0.2) is 0 Å². The maximum atomic E-state index is 13.3. The SMILES string of the molecule is CCCCC/C=C\C/C=C\CCCCCCCCCCCC(=O)OC(CCCCC/C=C/CCCCCCCCCCC)CC(=O)NC(CO)C(O)CCCCCCCCCCCCCCCCC. The number of aliphatic hydroxyl groups excluding tert-OH is 2. The highest BCUT2D eigenvalue weighted by atomic mass is 16.5. The van der Waals surface area contributed by atoms with Crippen LogP contribution in [-0.4, -0.2) is 46.9 Å². The monoisotopic (exact) mass is 970 g/mol. The third kappa shape index (κ3) is 52.2. The zero-order valence-electron chi connectivity index (χ0n) is 46.5. The fourth-order valence-electron chi connectivity index (χ4n) is 9.52. The minimum atomic E-state index is -0.792. The second kappa shape index (κ2) is 57.0. The van der Waals surface area contributed by atoms with Crippen molar-refractivity contribution in [3.8, 4) is 0 Å². The molecular formula is C63H119NO5. The van der Waals surface area contributed by atoms with Gasteiger partial charge in [0.1, 0.15) is 6.10 Å². The Labute approximate surface area is 430 Å². The van der Waals surface area contributed by atoms with Gasteiger partial charge >= 0.3 is 5.97 Å². The smallest absolute Gasteiger partial charge is 0.306 e. The van der Waals surface area contributed by atoms with E-state index in [0.29, 0.717) is 19.3 Å². The molecular weight excluding hydrogens is 851 g/mol. The number of carbonyl (C=O) groups is 2. The molecule has 0 aromatic heterocycles. The lowest BCUT2D eigenvalue weighted by molar-refractivity contribution is -0.151. The lowest BCUT2D eigenvalue weighted by atomic mass is 10.0. The van der Waals surface area contributed by atoms with Crippen molar-refractivity contribution in [2.75, 3.05) is 6.61 Å². The van der Waals surface area contributed by atoms with E-state index in [9.17, 15) is 19.8 Å². The Bertz CT molecular complexity index is 1130. The van der Waals surface area contributed by atoms with Crippen molar-refractivity contribution < 1.29 is 24.5 Å². The first-order valence-electron chi connectivity index (χ1n) is 30.7. The molecule has 0 radical (unpaired) electrons. The van der Waals surface area contributed by atoms with Gasteiger partial charge in [-0.3, -0.25) is 9.59 Å². The predicted molar refractivity (Wildman–Crippen MR) is 301 cm³/mol. The van der Waals surface area contributed by atoms with Gasteiger partial charge in [0, 0.05) is 6.42 Å². The molecule has 3 atom stereocenters. The summed E-state index contributed by atoms with van der Waals surface area (Å²) >= 11 is 0. The summed E-state index contributed by atoms with van der Waals surface area (Å²) in [6.07, 6.45) is 69.3. The topological polar surface area (TPSA) is 95.9 Å². The van der Waals surface area contributed by atoms with Gasteiger partial charge in [-0.15, -0.1) is 0 Å². The first kappa shape index (κ1) is 67.1. The summed E-state index contributed by atoms with van der Waals surface area (Å²) in [6.45, 7) is 6.50. The van der Waals surface area contributed by atoms with Gasteiger partial charge in [0.2, 0.25) is 5.91 Å². The second-order valence-corrected chi connectivity index (χ2v) is 21.1. The fourth-order valence-corrected chi connectivity index (χ4v) is 9.52. The highest BCUT2D eigenvalue weighted by Crippen LogP contribution is 2.19. The van der Waals surface area contributed by atoms with Crippen LogP contribution in [0.5, 0.6) is 0 Å². The Morgan fingerprint density at radius 3 is 1.16 bits per heavy atom. The third-order valence-corrected chi connectivity index (χ3v) is 14.2. The maximum Gasteiger partial charge on any atom is 0.306 e. The quantitative estimate of drug-likeness (QED) is 0.0321. The average Bonchev–Trinajstić information content (AvgIpc) is 3.34. The van der Waals surface area contributed by atoms with E-state index in [4.69, 9.17) is 4.74 Å². The molecule has 0 aliphatic carbocycles. The number of unbranched alkanes of at least 4 members (excludes halogenated alkanes) is 38. The van der Waals surface area contributed by atoms with E-state index in [1.54, 1.807) is 0 Å². The summed E-state index contributed by atoms with van der Waals surface area (Å²) in [7, 11) is 0. The summed E-state index contributed by atoms with van der Waals surface area (Å²) in [4.78, 5) is 26.3. The average molecular weight is 971 g/mol. The first-order chi connectivity index (χ1) is 34.0. The number of aliphatic hydroxyl groups is 2. The molecule has 3 N–H and O–H groups in total. The van der Waals surface area contributed by atoms with Gasteiger partial charge in [0.25, 0.3) is 0 Å². The van der Waals surface area contributed by atoms with Crippen molar-refractivity contribution >= 4 is 11.9 Å². The van der Waals surface area contributed by atoms with Gasteiger partial charge < -0.3 is 20.3 Å². The van der Waals surface area contributed by atoms with Crippen LogP contribution in [0.25, 0.3) is 0 Å². The molecule has 6 heteroatoms. The number of allylic oxidation sites excluding steroid dienone is 6. The molecule has 0 spiro atoms. The third-order valence-electron chi connectivity index (χ3n) is 14.2. The Morgan fingerprint density at radius 1 is 0.420 bits per heavy atom. The minimum absolute atomic E-state index is 0.0688. The molecule has 406 valence electrons. The second-order valence-electron chi connectivity index (χ2n) is 21.1. The Hall–Kier alpha value is -1.92. The van der Waals surface area contributed by atoms with Crippen LogP contribution in [0.3, 0.4) is 0 Å². The molecule has 3 unspecified atom stereocenters. The zero-order chi connectivity index (χ0) is 50.2. The Morgan fingerprint density at radius 2 is 0.739 bits per heavy atom. The van der Waals surface area contributed by atoms with Crippen molar-refractivity contribution in [2.24, 2.45) is 0 Å². The van der Waals surface area contributed by atoms with Gasteiger partial charge in [-0.05, 0) is 83.5 Å². The van der Waals surface area contributed by atoms with E-state index in [1.165, 1.54) is 218 Å². The molecule has 0 aromatic rings. The Balaban J connectivity index is 4.54. The molecule has 6 nitrogen and oxygen atoms in total. The molecule has 1 amide bonds. The summed E-state index contributed by atoms with van der Waals surface area (Å²) in [5.74, 6) is -0.476. The molecule has 0 saturated heterocycles. The highest BCUT2D eigenvalue weighted by Gasteiger charge is 2.24. The highest BCUT2D eigenvalue weighted by molar-refractivity contribution is 5.77. The van der Waals surface area contributed by atoms with E-state index >= 15 is 0 Å². The molecule has 0 heterocycles. The number of hydrogen-bond donors (Lipinski definition) is 3. The number of esters is 1. The van der Waals surface area contributed by atoms with Crippen LogP contribution in [0.2, 0.25) is 0 Å². The number of amides is 1. The van der Waals surface area contributed by atoms with E-state index < -0.39 is 18.2 Å². The summed E-state index contributed by atoms with van der Waals surface area (Å²) in [5.41, 5.74) is 0. The van der Waals surface area contributed by atoms with Crippen LogP contribution in [-0.2, 0) is 14.3 Å². The van der Waals surface area contributed by atoms with Crippen molar-refractivity contribution in [3.63, 3.8) is 0 Å². The van der Waals surface area contributed by atoms with Crippen LogP contribution >= 0.6 is 0 Å². The van der Waals surface area contributed by atoms with Gasteiger partial charge in [-0.1, -0.05) is 269 Å².